The van der Waals surface area contributed by atoms with Crippen molar-refractivity contribution in [1.29, 1.82) is 0 Å². The maximum absolute atomic E-state index is 5.15. The van der Waals surface area contributed by atoms with Crippen LogP contribution in [0.4, 0.5) is 0 Å². The van der Waals surface area contributed by atoms with Crippen LogP contribution >= 0.6 is 0 Å². The number of aryl methyl sites for hydroxylation is 1. The third kappa shape index (κ3) is 3.53. The summed E-state index contributed by atoms with van der Waals surface area (Å²) < 4.78 is 2.38. The molecule has 2 nitrogen and oxygen atoms in total. The number of imidazole rings is 1. The molecule has 2 heteroatoms. The highest BCUT2D eigenvalue weighted by Crippen LogP contribution is 2.33. The molecule has 0 unspecified atom stereocenters. The topological polar surface area (TPSA) is 17.8 Å². The smallest absolute Gasteiger partial charge is 0.122 e. The van der Waals surface area contributed by atoms with Crippen LogP contribution in [-0.2, 0) is 6.54 Å². The van der Waals surface area contributed by atoms with E-state index in [1.165, 1.54) is 27.8 Å². The van der Waals surface area contributed by atoms with E-state index in [2.05, 4.69) is 121 Å². The summed E-state index contributed by atoms with van der Waals surface area (Å²) in [4.78, 5) is 5.15. The lowest BCUT2D eigenvalue weighted by molar-refractivity contribution is 0.723. The zero-order valence-corrected chi connectivity index (χ0v) is 17.1. The quantitative estimate of drug-likeness (QED) is 0.333. The molecule has 0 radical (unpaired) electrons. The zero-order chi connectivity index (χ0) is 20.3. The van der Waals surface area contributed by atoms with Gasteiger partial charge in [0.05, 0.1) is 17.0 Å². The van der Waals surface area contributed by atoms with Gasteiger partial charge in [0.2, 0.25) is 0 Å². The minimum Gasteiger partial charge on any atom is -0.323 e. The molecule has 1 aromatic heterocycles. The summed E-state index contributed by atoms with van der Waals surface area (Å²) in [5.41, 5.74) is 7.29. The highest BCUT2D eigenvalue weighted by Gasteiger charge is 2.23. The maximum atomic E-state index is 5.15. The lowest BCUT2D eigenvalue weighted by Crippen LogP contribution is -2.13. The third-order valence-corrected chi connectivity index (χ3v) is 5.63. The Labute approximate surface area is 177 Å². The fourth-order valence-electron chi connectivity index (χ4n) is 4.26. The van der Waals surface area contributed by atoms with Crippen molar-refractivity contribution < 1.29 is 0 Å². The summed E-state index contributed by atoms with van der Waals surface area (Å²) in [6, 6.07) is 38.6. The van der Waals surface area contributed by atoms with Crippen LogP contribution in [0.5, 0.6) is 0 Å². The Morgan fingerprint density at radius 1 is 0.700 bits per heavy atom. The molecule has 146 valence electrons. The first kappa shape index (κ1) is 18.4. The van der Waals surface area contributed by atoms with Crippen molar-refractivity contribution >= 4 is 11.0 Å². The van der Waals surface area contributed by atoms with Crippen molar-refractivity contribution in [2.24, 2.45) is 0 Å². The molecule has 0 aliphatic rings. The Morgan fingerprint density at radius 3 is 2.00 bits per heavy atom. The predicted octanol–water partition coefficient (Wildman–Crippen LogP) is 6.57. The van der Waals surface area contributed by atoms with Crippen molar-refractivity contribution in [3.05, 3.63) is 137 Å². The van der Waals surface area contributed by atoms with Gasteiger partial charge < -0.3 is 4.57 Å². The molecule has 0 amide bonds. The largest absolute Gasteiger partial charge is 0.323 e. The molecule has 5 aromatic rings. The van der Waals surface area contributed by atoms with E-state index in [-0.39, 0.29) is 5.92 Å². The normalized spacial score (nSPS) is 11.3. The van der Waals surface area contributed by atoms with Gasteiger partial charge in [0.1, 0.15) is 5.82 Å². The van der Waals surface area contributed by atoms with Crippen LogP contribution in [0.25, 0.3) is 11.0 Å². The van der Waals surface area contributed by atoms with Gasteiger partial charge in [-0.05, 0) is 35.7 Å². The van der Waals surface area contributed by atoms with Crippen molar-refractivity contribution in [2.45, 2.75) is 19.4 Å². The van der Waals surface area contributed by atoms with Crippen LogP contribution in [0.15, 0.2) is 109 Å². The first-order valence-corrected chi connectivity index (χ1v) is 10.4. The van der Waals surface area contributed by atoms with Crippen LogP contribution in [0.2, 0.25) is 0 Å². The van der Waals surface area contributed by atoms with E-state index in [0.717, 1.165) is 17.9 Å². The average molecular weight is 389 g/mol. The Kier molecular flexibility index (Phi) is 4.90. The van der Waals surface area contributed by atoms with E-state index in [0.29, 0.717) is 0 Å². The molecule has 0 bridgehead atoms. The van der Waals surface area contributed by atoms with Crippen LogP contribution in [0, 0.1) is 6.92 Å². The van der Waals surface area contributed by atoms with E-state index >= 15 is 0 Å². The van der Waals surface area contributed by atoms with Crippen molar-refractivity contribution in [2.75, 3.05) is 0 Å². The number of fused-ring (bicyclic) bond motifs is 1. The fraction of sp³-hybridized carbons (Fsp3) is 0.107. The second-order valence-corrected chi connectivity index (χ2v) is 7.79. The van der Waals surface area contributed by atoms with Gasteiger partial charge in [-0.15, -0.1) is 0 Å². The van der Waals surface area contributed by atoms with Crippen LogP contribution < -0.4 is 0 Å². The molecule has 0 aliphatic carbocycles. The van der Waals surface area contributed by atoms with Gasteiger partial charge in [0.25, 0.3) is 0 Å². The SMILES string of the molecule is Cc1cccc(Cn2c(C(c3ccccc3)c3ccccc3)nc3ccccc32)c1. The van der Waals surface area contributed by atoms with Crippen molar-refractivity contribution in [3.8, 4) is 0 Å². The zero-order valence-electron chi connectivity index (χ0n) is 17.1. The first-order valence-electron chi connectivity index (χ1n) is 10.4. The molecule has 0 spiro atoms. The summed E-state index contributed by atoms with van der Waals surface area (Å²) in [6.45, 7) is 2.95. The van der Waals surface area contributed by atoms with Gasteiger partial charge >= 0.3 is 0 Å². The van der Waals surface area contributed by atoms with E-state index in [4.69, 9.17) is 4.98 Å². The number of hydrogen-bond donors (Lipinski definition) is 0. The van der Waals surface area contributed by atoms with E-state index in [1.54, 1.807) is 0 Å². The molecule has 0 atom stereocenters. The molecule has 5 rings (SSSR count). The molecule has 0 N–H and O–H groups in total. The van der Waals surface area contributed by atoms with Gasteiger partial charge in [-0.1, -0.05) is 103 Å². The second-order valence-electron chi connectivity index (χ2n) is 7.79. The summed E-state index contributed by atoms with van der Waals surface area (Å²) >= 11 is 0. The average Bonchev–Trinajstić information content (AvgIpc) is 3.13. The molecule has 4 aromatic carbocycles. The molecule has 30 heavy (non-hydrogen) atoms. The van der Waals surface area contributed by atoms with Crippen LogP contribution in [0.1, 0.15) is 34.0 Å². The van der Waals surface area contributed by atoms with Gasteiger partial charge in [-0.3, -0.25) is 0 Å². The van der Waals surface area contributed by atoms with Crippen LogP contribution in [0.3, 0.4) is 0 Å². The van der Waals surface area contributed by atoms with Gasteiger partial charge in [0, 0.05) is 6.54 Å². The minimum absolute atomic E-state index is 0.0737. The Hall–Kier alpha value is -3.65. The highest BCUT2D eigenvalue weighted by molar-refractivity contribution is 5.76. The van der Waals surface area contributed by atoms with Gasteiger partial charge in [-0.25, -0.2) is 4.98 Å². The number of aromatic nitrogens is 2. The molecule has 1 heterocycles. The van der Waals surface area contributed by atoms with E-state index in [1.807, 2.05) is 0 Å². The van der Waals surface area contributed by atoms with Crippen molar-refractivity contribution in [1.82, 2.24) is 9.55 Å². The first-order chi connectivity index (χ1) is 14.8. The third-order valence-electron chi connectivity index (χ3n) is 5.63. The van der Waals surface area contributed by atoms with E-state index in [9.17, 15) is 0 Å². The summed E-state index contributed by atoms with van der Waals surface area (Å²) in [7, 11) is 0. The lowest BCUT2D eigenvalue weighted by Gasteiger charge is -2.20. The minimum atomic E-state index is 0.0737. The standard InChI is InChI=1S/C28H24N2/c1-21-11-10-12-22(19-21)20-30-26-18-9-8-17-25(26)29-28(30)27(23-13-4-2-5-14-23)24-15-6-3-7-16-24/h2-19,27H,20H2,1H3. The number of hydrogen-bond acceptors (Lipinski definition) is 1. The molecular formula is C28H24N2. The van der Waals surface area contributed by atoms with Gasteiger partial charge in [0.15, 0.2) is 0 Å². The molecule has 0 fully saturated rings. The fourth-order valence-corrected chi connectivity index (χ4v) is 4.26. The van der Waals surface area contributed by atoms with Crippen LogP contribution in [-0.4, -0.2) is 9.55 Å². The number of nitrogens with zero attached hydrogens (tertiary/aromatic N) is 2. The molecule has 0 saturated carbocycles. The molecular weight excluding hydrogens is 364 g/mol. The number of rotatable bonds is 5. The predicted molar refractivity (Wildman–Crippen MR) is 124 cm³/mol. The number of para-hydroxylation sites is 2. The maximum Gasteiger partial charge on any atom is 0.122 e. The summed E-state index contributed by atoms with van der Waals surface area (Å²) in [6.07, 6.45) is 0. The Morgan fingerprint density at radius 2 is 1.33 bits per heavy atom. The van der Waals surface area contributed by atoms with Gasteiger partial charge in [-0.2, -0.15) is 0 Å². The lowest BCUT2D eigenvalue weighted by atomic mass is 9.90. The highest BCUT2D eigenvalue weighted by atomic mass is 15.1. The summed E-state index contributed by atoms with van der Waals surface area (Å²) in [5, 5.41) is 0. The summed E-state index contributed by atoms with van der Waals surface area (Å²) in [5.74, 6) is 1.15. The Balaban J connectivity index is 1.73. The Bertz CT molecular complexity index is 1230. The molecule has 0 saturated heterocycles. The second kappa shape index (κ2) is 8.00. The molecule has 0 aliphatic heterocycles. The van der Waals surface area contributed by atoms with Crippen molar-refractivity contribution in [3.63, 3.8) is 0 Å². The monoisotopic (exact) mass is 388 g/mol. The number of benzene rings is 4. The van der Waals surface area contributed by atoms with E-state index < -0.39 is 0 Å².